The zero-order valence-corrected chi connectivity index (χ0v) is 12.8. The second kappa shape index (κ2) is 6.76. The fourth-order valence-corrected chi connectivity index (χ4v) is 3.36. The van der Waals surface area contributed by atoms with Crippen LogP contribution in [0.2, 0.25) is 0 Å². The molecule has 0 aromatic heterocycles. The molecule has 2 rings (SSSR count). The molecule has 0 radical (unpaired) electrons. The number of hydrogen-bond donors (Lipinski definition) is 0. The monoisotopic (exact) mass is 307 g/mol. The van der Waals surface area contributed by atoms with Crippen LogP contribution in [0, 0.1) is 0 Å². The van der Waals surface area contributed by atoms with E-state index >= 15 is 0 Å². The van der Waals surface area contributed by atoms with Gasteiger partial charge in [-0.15, -0.1) is 11.8 Å². The summed E-state index contributed by atoms with van der Waals surface area (Å²) in [5, 5.41) is 0.797. The van der Waals surface area contributed by atoms with E-state index in [0.717, 1.165) is 10.6 Å². The van der Waals surface area contributed by atoms with Gasteiger partial charge in [0.05, 0.1) is 19.3 Å². The lowest BCUT2D eigenvalue weighted by molar-refractivity contribution is -0.147. The van der Waals surface area contributed by atoms with Gasteiger partial charge in [0.1, 0.15) is 0 Å². The summed E-state index contributed by atoms with van der Waals surface area (Å²) in [6.07, 6.45) is 0.424. The van der Waals surface area contributed by atoms with Gasteiger partial charge in [-0.25, -0.2) is 4.79 Å². The maximum absolute atomic E-state index is 12.1. The van der Waals surface area contributed by atoms with Crippen LogP contribution in [0.25, 0.3) is 0 Å². The van der Waals surface area contributed by atoms with Crippen molar-refractivity contribution in [2.24, 2.45) is 4.99 Å². The Morgan fingerprint density at radius 1 is 1.24 bits per heavy atom. The SMILES string of the molecule is COC(=O)CCC1(C(=O)OC)CSC(c2ccccc2)=N1. The van der Waals surface area contributed by atoms with E-state index in [1.165, 1.54) is 26.0 Å². The molecule has 0 fully saturated rings. The van der Waals surface area contributed by atoms with Crippen LogP contribution in [0.3, 0.4) is 0 Å². The molecule has 1 heterocycles. The highest BCUT2D eigenvalue weighted by Gasteiger charge is 2.44. The fraction of sp³-hybridized carbons (Fsp3) is 0.400. The molecule has 1 aromatic carbocycles. The van der Waals surface area contributed by atoms with E-state index in [1.54, 1.807) is 0 Å². The van der Waals surface area contributed by atoms with Crippen LogP contribution in [-0.4, -0.2) is 42.5 Å². The van der Waals surface area contributed by atoms with E-state index in [4.69, 9.17) is 4.74 Å². The zero-order chi connectivity index (χ0) is 15.3. The summed E-state index contributed by atoms with van der Waals surface area (Å²) in [6.45, 7) is 0. The number of ether oxygens (including phenoxy) is 2. The number of esters is 2. The van der Waals surface area contributed by atoms with E-state index < -0.39 is 11.5 Å². The fourth-order valence-electron chi connectivity index (χ4n) is 2.11. The van der Waals surface area contributed by atoms with E-state index in [9.17, 15) is 9.59 Å². The molecule has 1 unspecified atom stereocenters. The van der Waals surface area contributed by atoms with Crippen molar-refractivity contribution in [1.82, 2.24) is 0 Å². The van der Waals surface area contributed by atoms with Crippen molar-refractivity contribution in [2.45, 2.75) is 18.4 Å². The van der Waals surface area contributed by atoms with Crippen LogP contribution in [0.4, 0.5) is 0 Å². The van der Waals surface area contributed by atoms with E-state index in [-0.39, 0.29) is 18.8 Å². The number of thioether (sulfide) groups is 1. The first kappa shape index (κ1) is 15.6. The lowest BCUT2D eigenvalue weighted by Gasteiger charge is -2.21. The van der Waals surface area contributed by atoms with Crippen LogP contribution in [0.5, 0.6) is 0 Å². The van der Waals surface area contributed by atoms with Crippen molar-refractivity contribution < 1.29 is 19.1 Å². The Hall–Kier alpha value is -1.82. The first-order valence-electron chi connectivity index (χ1n) is 6.54. The van der Waals surface area contributed by atoms with Crippen molar-refractivity contribution in [3.8, 4) is 0 Å². The lowest BCUT2D eigenvalue weighted by Crippen LogP contribution is -2.39. The van der Waals surface area contributed by atoms with Crippen LogP contribution in [0.1, 0.15) is 18.4 Å². The van der Waals surface area contributed by atoms with E-state index in [2.05, 4.69) is 9.73 Å². The Balaban J connectivity index is 2.24. The normalized spacial score (nSPS) is 20.8. The topological polar surface area (TPSA) is 65.0 Å². The number of carbonyl (C=O) groups is 2. The molecule has 0 amide bonds. The molecular formula is C15H17NO4S. The number of rotatable bonds is 5. The van der Waals surface area contributed by atoms with Crippen molar-refractivity contribution in [3.05, 3.63) is 35.9 Å². The number of benzene rings is 1. The Kier molecular flexibility index (Phi) is 5.01. The smallest absolute Gasteiger partial charge is 0.334 e. The molecule has 1 atom stereocenters. The van der Waals surface area contributed by atoms with Crippen LogP contribution >= 0.6 is 11.8 Å². The van der Waals surface area contributed by atoms with Gasteiger partial charge in [-0.05, 0) is 6.42 Å². The van der Waals surface area contributed by atoms with Crippen molar-refractivity contribution >= 4 is 28.7 Å². The highest BCUT2D eigenvalue weighted by molar-refractivity contribution is 8.14. The molecule has 1 aliphatic heterocycles. The predicted molar refractivity (Wildman–Crippen MR) is 81.4 cm³/mol. The van der Waals surface area contributed by atoms with Gasteiger partial charge in [0.2, 0.25) is 0 Å². The molecular weight excluding hydrogens is 290 g/mol. The van der Waals surface area contributed by atoms with Crippen LogP contribution < -0.4 is 0 Å². The highest BCUT2D eigenvalue weighted by Crippen LogP contribution is 2.35. The molecule has 6 heteroatoms. The van der Waals surface area contributed by atoms with Gasteiger partial charge < -0.3 is 9.47 Å². The molecule has 0 saturated heterocycles. The van der Waals surface area contributed by atoms with Crippen molar-refractivity contribution in [2.75, 3.05) is 20.0 Å². The minimum atomic E-state index is -1.00. The average Bonchev–Trinajstić information content (AvgIpc) is 2.98. The Bertz CT molecular complexity index is 558. The van der Waals surface area contributed by atoms with Crippen molar-refractivity contribution in [1.29, 1.82) is 0 Å². The number of methoxy groups -OCH3 is 2. The van der Waals surface area contributed by atoms with Gasteiger partial charge in [0.15, 0.2) is 5.54 Å². The summed E-state index contributed by atoms with van der Waals surface area (Å²) in [4.78, 5) is 28.0. The number of hydrogen-bond acceptors (Lipinski definition) is 6. The second-order valence-corrected chi connectivity index (χ2v) is 5.64. The standard InChI is InChI=1S/C15H17NO4S/c1-19-12(17)8-9-15(14(18)20-2)10-21-13(16-15)11-6-4-3-5-7-11/h3-7H,8-10H2,1-2H3. The molecule has 5 nitrogen and oxygen atoms in total. The minimum absolute atomic E-state index is 0.137. The maximum Gasteiger partial charge on any atom is 0.334 e. The molecule has 0 saturated carbocycles. The first-order valence-corrected chi connectivity index (χ1v) is 7.53. The largest absolute Gasteiger partial charge is 0.469 e. The third-order valence-corrected chi connectivity index (χ3v) is 4.54. The molecule has 1 aliphatic rings. The number of nitrogens with zero attached hydrogens (tertiary/aromatic N) is 1. The van der Waals surface area contributed by atoms with Gasteiger partial charge in [-0.3, -0.25) is 9.79 Å². The third kappa shape index (κ3) is 3.44. The summed E-state index contributed by atoms with van der Waals surface area (Å²) >= 11 is 1.50. The lowest BCUT2D eigenvalue weighted by atomic mass is 9.96. The first-order chi connectivity index (χ1) is 10.1. The number of carbonyl (C=O) groups excluding carboxylic acids is 2. The molecule has 0 bridgehead atoms. The Morgan fingerprint density at radius 3 is 2.57 bits per heavy atom. The molecule has 21 heavy (non-hydrogen) atoms. The van der Waals surface area contributed by atoms with Gasteiger partial charge in [-0.1, -0.05) is 30.3 Å². The molecule has 112 valence electrons. The predicted octanol–water partition coefficient (Wildman–Crippen LogP) is 2.04. The Labute approximate surface area is 127 Å². The summed E-state index contributed by atoms with van der Waals surface area (Å²) < 4.78 is 9.51. The zero-order valence-electron chi connectivity index (χ0n) is 12.0. The van der Waals surface area contributed by atoms with Crippen LogP contribution in [-0.2, 0) is 19.1 Å². The molecule has 1 aromatic rings. The summed E-state index contributed by atoms with van der Waals surface area (Å²) in [5.74, 6) is -0.294. The third-order valence-electron chi connectivity index (χ3n) is 3.32. The quantitative estimate of drug-likeness (QED) is 0.779. The van der Waals surface area contributed by atoms with Crippen molar-refractivity contribution in [3.63, 3.8) is 0 Å². The van der Waals surface area contributed by atoms with E-state index in [1.807, 2.05) is 30.3 Å². The minimum Gasteiger partial charge on any atom is -0.469 e. The molecule has 0 aliphatic carbocycles. The van der Waals surface area contributed by atoms with E-state index in [0.29, 0.717) is 5.75 Å². The second-order valence-electron chi connectivity index (χ2n) is 4.67. The summed E-state index contributed by atoms with van der Waals surface area (Å²) in [6, 6.07) is 9.66. The van der Waals surface area contributed by atoms with Crippen LogP contribution in [0.15, 0.2) is 35.3 Å². The van der Waals surface area contributed by atoms with Gasteiger partial charge in [0, 0.05) is 17.7 Å². The molecule has 0 N–H and O–H groups in total. The highest BCUT2D eigenvalue weighted by atomic mass is 32.2. The maximum atomic E-state index is 12.1. The molecule has 0 spiro atoms. The van der Waals surface area contributed by atoms with Gasteiger partial charge >= 0.3 is 11.9 Å². The Morgan fingerprint density at radius 2 is 1.95 bits per heavy atom. The average molecular weight is 307 g/mol. The number of aliphatic imine (C=N–C) groups is 1. The summed E-state index contributed by atoms with van der Waals surface area (Å²) in [7, 11) is 2.66. The van der Waals surface area contributed by atoms with Gasteiger partial charge in [-0.2, -0.15) is 0 Å². The van der Waals surface area contributed by atoms with Gasteiger partial charge in [0.25, 0.3) is 0 Å². The summed E-state index contributed by atoms with van der Waals surface area (Å²) in [5.41, 5.74) is -0.0370.